The summed E-state index contributed by atoms with van der Waals surface area (Å²) in [5, 5.41) is 14.5. The van der Waals surface area contributed by atoms with Crippen molar-refractivity contribution in [1.82, 2.24) is 4.98 Å². The largest absolute Gasteiger partial charge is 0.496 e. The Balaban J connectivity index is 2.25. The fraction of sp³-hybridized carbons (Fsp3) is 0.348. The smallest absolute Gasteiger partial charge is 0.419 e. The molecule has 2 atom stereocenters. The third kappa shape index (κ3) is 4.58. The molecule has 0 radical (unpaired) electrons. The quantitative estimate of drug-likeness (QED) is 0.455. The fourth-order valence-corrected chi connectivity index (χ4v) is 3.79. The number of aromatic nitrogens is 1. The van der Waals surface area contributed by atoms with E-state index >= 15 is 0 Å². The molecule has 166 valence electrons. The molecular formula is C23H24F4N2O2. The fourth-order valence-electron chi connectivity index (χ4n) is 3.79. The van der Waals surface area contributed by atoms with Crippen LogP contribution in [0, 0.1) is 11.7 Å². The SMILES string of the molecule is COc1ccc(F)cc1C(Nc1cccc2ncccc12)C(O)(CC(C)C)C(F)(F)F. The van der Waals surface area contributed by atoms with Gasteiger partial charge in [-0.25, -0.2) is 4.39 Å². The Morgan fingerprint density at radius 2 is 1.84 bits per heavy atom. The number of anilines is 1. The molecule has 3 rings (SSSR count). The van der Waals surface area contributed by atoms with Gasteiger partial charge < -0.3 is 15.2 Å². The van der Waals surface area contributed by atoms with Crippen LogP contribution in [0.4, 0.5) is 23.2 Å². The third-order valence-corrected chi connectivity index (χ3v) is 5.14. The highest BCUT2D eigenvalue weighted by Gasteiger charge is 2.59. The summed E-state index contributed by atoms with van der Waals surface area (Å²) in [6.45, 7) is 3.16. The highest BCUT2D eigenvalue weighted by Crippen LogP contribution is 2.48. The van der Waals surface area contributed by atoms with Crippen LogP contribution < -0.4 is 10.1 Å². The average molecular weight is 436 g/mol. The Morgan fingerprint density at radius 1 is 1.10 bits per heavy atom. The molecule has 3 aromatic rings. The van der Waals surface area contributed by atoms with Crippen LogP contribution in [0.5, 0.6) is 5.75 Å². The van der Waals surface area contributed by atoms with Gasteiger partial charge in [-0.1, -0.05) is 19.9 Å². The molecular weight excluding hydrogens is 412 g/mol. The van der Waals surface area contributed by atoms with Crippen LogP contribution in [-0.2, 0) is 0 Å². The highest BCUT2D eigenvalue weighted by atomic mass is 19.4. The Labute approximate surface area is 177 Å². The molecule has 0 amide bonds. The van der Waals surface area contributed by atoms with Crippen LogP contribution >= 0.6 is 0 Å². The first-order valence-electron chi connectivity index (χ1n) is 9.79. The van der Waals surface area contributed by atoms with Gasteiger partial charge in [0.1, 0.15) is 11.6 Å². The van der Waals surface area contributed by atoms with E-state index in [0.717, 1.165) is 12.1 Å². The molecule has 0 aliphatic heterocycles. The van der Waals surface area contributed by atoms with Crippen molar-refractivity contribution in [3.05, 3.63) is 66.1 Å². The molecule has 0 aliphatic carbocycles. The van der Waals surface area contributed by atoms with Gasteiger partial charge in [0.05, 0.1) is 18.7 Å². The van der Waals surface area contributed by atoms with Gasteiger partial charge in [-0.3, -0.25) is 4.98 Å². The molecule has 31 heavy (non-hydrogen) atoms. The van der Waals surface area contributed by atoms with Gasteiger partial charge in [0, 0.05) is 22.8 Å². The van der Waals surface area contributed by atoms with E-state index in [9.17, 15) is 22.7 Å². The Bertz CT molecular complexity index is 1050. The number of nitrogens with zero attached hydrogens (tertiary/aromatic N) is 1. The van der Waals surface area contributed by atoms with Gasteiger partial charge in [-0.2, -0.15) is 13.2 Å². The monoisotopic (exact) mass is 436 g/mol. The molecule has 0 aliphatic rings. The summed E-state index contributed by atoms with van der Waals surface area (Å²) in [4.78, 5) is 4.22. The summed E-state index contributed by atoms with van der Waals surface area (Å²) in [6.07, 6.45) is -4.03. The number of hydrogen-bond donors (Lipinski definition) is 2. The molecule has 8 heteroatoms. The van der Waals surface area contributed by atoms with Crippen LogP contribution in [0.1, 0.15) is 31.9 Å². The Morgan fingerprint density at radius 3 is 2.48 bits per heavy atom. The minimum absolute atomic E-state index is 0.0312. The van der Waals surface area contributed by atoms with Crippen molar-refractivity contribution in [3.63, 3.8) is 0 Å². The first-order valence-corrected chi connectivity index (χ1v) is 9.79. The maximum atomic E-state index is 14.3. The number of hydrogen-bond acceptors (Lipinski definition) is 4. The zero-order chi connectivity index (χ0) is 22.8. The topological polar surface area (TPSA) is 54.4 Å². The third-order valence-electron chi connectivity index (χ3n) is 5.14. The van der Waals surface area contributed by atoms with Gasteiger partial charge >= 0.3 is 6.18 Å². The van der Waals surface area contributed by atoms with Gasteiger partial charge in [0.2, 0.25) is 0 Å². The molecule has 1 aromatic heterocycles. The van der Waals surface area contributed by atoms with E-state index in [-0.39, 0.29) is 11.3 Å². The first-order chi connectivity index (χ1) is 14.6. The second-order valence-corrected chi connectivity index (χ2v) is 7.86. The van der Waals surface area contributed by atoms with Crippen LogP contribution in [0.2, 0.25) is 0 Å². The molecule has 0 fully saturated rings. The van der Waals surface area contributed by atoms with E-state index < -0.39 is 36.0 Å². The van der Waals surface area contributed by atoms with Crippen LogP contribution in [0.15, 0.2) is 54.7 Å². The number of methoxy groups -OCH3 is 1. The van der Waals surface area contributed by atoms with Crippen molar-refractivity contribution in [2.45, 2.75) is 38.1 Å². The molecule has 2 unspecified atom stereocenters. The van der Waals surface area contributed by atoms with Crippen molar-refractivity contribution >= 4 is 16.6 Å². The van der Waals surface area contributed by atoms with E-state index in [2.05, 4.69) is 10.3 Å². The summed E-state index contributed by atoms with van der Waals surface area (Å²) < 4.78 is 62.3. The molecule has 1 heterocycles. The lowest BCUT2D eigenvalue weighted by molar-refractivity contribution is -0.272. The zero-order valence-electron chi connectivity index (χ0n) is 17.4. The van der Waals surface area contributed by atoms with E-state index in [4.69, 9.17) is 4.74 Å². The minimum Gasteiger partial charge on any atom is -0.496 e. The Kier molecular flexibility index (Phi) is 6.40. The number of pyridine rings is 1. The van der Waals surface area contributed by atoms with E-state index in [1.165, 1.54) is 13.2 Å². The summed E-state index contributed by atoms with van der Waals surface area (Å²) in [7, 11) is 1.28. The lowest BCUT2D eigenvalue weighted by atomic mass is 9.80. The van der Waals surface area contributed by atoms with Gasteiger partial charge in [-0.05, 0) is 54.8 Å². The predicted octanol–water partition coefficient (Wildman–Crippen LogP) is 5.88. The standard InChI is InChI=1S/C23H24F4N2O2/c1-14(2)13-22(30,23(25,26)27)21(17-12-15(24)9-10-20(17)31-3)29-19-8-4-7-18-16(19)6-5-11-28-18/h4-12,14,21,29-30H,13H2,1-3H3. The molecule has 0 saturated carbocycles. The van der Waals surface area contributed by atoms with Gasteiger partial charge in [-0.15, -0.1) is 0 Å². The lowest BCUT2D eigenvalue weighted by Gasteiger charge is -2.40. The zero-order valence-corrected chi connectivity index (χ0v) is 17.4. The number of benzene rings is 2. The van der Waals surface area contributed by atoms with Crippen molar-refractivity contribution in [2.75, 3.05) is 12.4 Å². The summed E-state index contributed by atoms with van der Waals surface area (Å²) in [5.41, 5.74) is -2.44. The first kappa shape index (κ1) is 22.8. The molecule has 2 N–H and O–H groups in total. The van der Waals surface area contributed by atoms with Crippen molar-refractivity contribution in [3.8, 4) is 5.75 Å². The lowest BCUT2D eigenvalue weighted by Crippen LogP contribution is -2.53. The maximum absolute atomic E-state index is 14.3. The highest BCUT2D eigenvalue weighted by molar-refractivity contribution is 5.91. The second kappa shape index (κ2) is 8.70. The van der Waals surface area contributed by atoms with E-state index in [1.807, 2.05) is 0 Å². The number of rotatable bonds is 7. The molecule has 0 spiro atoms. The summed E-state index contributed by atoms with van der Waals surface area (Å²) in [6, 6.07) is 9.88. The van der Waals surface area contributed by atoms with Crippen molar-refractivity contribution < 1.29 is 27.4 Å². The van der Waals surface area contributed by atoms with E-state index in [1.54, 1.807) is 50.4 Å². The number of nitrogens with one attached hydrogen (secondary N) is 1. The number of aliphatic hydroxyl groups is 1. The van der Waals surface area contributed by atoms with Gasteiger partial charge in [0.25, 0.3) is 0 Å². The van der Waals surface area contributed by atoms with Crippen molar-refractivity contribution in [1.29, 1.82) is 0 Å². The summed E-state index contributed by atoms with van der Waals surface area (Å²) in [5.74, 6) is -1.20. The number of ether oxygens (including phenoxy) is 1. The van der Waals surface area contributed by atoms with Crippen molar-refractivity contribution in [2.24, 2.45) is 5.92 Å². The molecule has 0 saturated heterocycles. The minimum atomic E-state index is -5.00. The number of halogens is 4. The number of fused-ring (bicyclic) bond motifs is 1. The average Bonchev–Trinajstić information content (AvgIpc) is 2.70. The number of alkyl halides is 3. The predicted molar refractivity (Wildman–Crippen MR) is 112 cm³/mol. The van der Waals surface area contributed by atoms with E-state index in [0.29, 0.717) is 16.6 Å². The normalized spacial score (nSPS) is 15.0. The molecule has 2 aromatic carbocycles. The Hall–Kier alpha value is -2.87. The van der Waals surface area contributed by atoms with Crippen LogP contribution in [-0.4, -0.2) is 29.0 Å². The maximum Gasteiger partial charge on any atom is 0.419 e. The van der Waals surface area contributed by atoms with Crippen LogP contribution in [0.25, 0.3) is 10.9 Å². The van der Waals surface area contributed by atoms with Gasteiger partial charge in [0.15, 0.2) is 5.60 Å². The molecule has 4 nitrogen and oxygen atoms in total. The molecule has 0 bridgehead atoms. The summed E-state index contributed by atoms with van der Waals surface area (Å²) >= 11 is 0. The second-order valence-electron chi connectivity index (χ2n) is 7.86. The van der Waals surface area contributed by atoms with Crippen LogP contribution in [0.3, 0.4) is 0 Å².